The van der Waals surface area contributed by atoms with Crippen LogP contribution in [-0.4, -0.2) is 16.3 Å². The van der Waals surface area contributed by atoms with Gasteiger partial charge in [0.15, 0.2) is 0 Å². The average molecular weight is 389 g/mol. The third-order valence-corrected chi connectivity index (χ3v) is 5.35. The summed E-state index contributed by atoms with van der Waals surface area (Å²) in [4.78, 5) is 0. The molecule has 3 nitrogen and oxygen atoms in total. The van der Waals surface area contributed by atoms with Gasteiger partial charge in [-0.05, 0) is 37.1 Å². The standard InChI is InChI=1S/C18H15BrClN3/c1-11-15(20)7-4-8-16(11)23-18-13(9-10-21-18)17(22-23)12-5-2-3-6-14(12)19/h2-8,21H,9-10H2,1H3. The van der Waals surface area contributed by atoms with Crippen molar-refractivity contribution in [1.82, 2.24) is 9.78 Å². The molecular formula is C18H15BrClN3. The van der Waals surface area contributed by atoms with Crippen LogP contribution in [0.4, 0.5) is 5.82 Å². The van der Waals surface area contributed by atoms with Crippen molar-refractivity contribution in [2.24, 2.45) is 0 Å². The van der Waals surface area contributed by atoms with Gasteiger partial charge in [0.05, 0.1) is 11.4 Å². The van der Waals surface area contributed by atoms with E-state index in [2.05, 4.69) is 33.4 Å². The summed E-state index contributed by atoms with van der Waals surface area (Å²) in [6.07, 6.45) is 0.978. The van der Waals surface area contributed by atoms with E-state index in [0.717, 1.165) is 50.8 Å². The van der Waals surface area contributed by atoms with Crippen molar-refractivity contribution in [2.75, 3.05) is 11.9 Å². The average Bonchev–Trinajstić information content (AvgIpc) is 3.13. The molecule has 0 bridgehead atoms. The van der Waals surface area contributed by atoms with Crippen LogP contribution in [0.25, 0.3) is 16.9 Å². The SMILES string of the molecule is Cc1c(Cl)cccc1-n1nc(-c2ccccc2Br)c2c1NCC2. The van der Waals surface area contributed by atoms with Crippen molar-refractivity contribution in [3.63, 3.8) is 0 Å². The topological polar surface area (TPSA) is 29.9 Å². The van der Waals surface area contributed by atoms with Crippen LogP contribution in [0.3, 0.4) is 0 Å². The van der Waals surface area contributed by atoms with E-state index in [0.29, 0.717) is 0 Å². The summed E-state index contributed by atoms with van der Waals surface area (Å²) in [5.74, 6) is 1.07. The highest BCUT2D eigenvalue weighted by molar-refractivity contribution is 9.10. The smallest absolute Gasteiger partial charge is 0.133 e. The summed E-state index contributed by atoms with van der Waals surface area (Å²) in [6.45, 7) is 2.96. The van der Waals surface area contributed by atoms with E-state index in [1.165, 1.54) is 5.56 Å². The van der Waals surface area contributed by atoms with Crippen LogP contribution in [-0.2, 0) is 6.42 Å². The fourth-order valence-corrected chi connectivity index (χ4v) is 3.69. The molecule has 1 N–H and O–H groups in total. The molecule has 1 aliphatic heterocycles. The molecule has 1 aromatic heterocycles. The minimum atomic E-state index is 0.757. The van der Waals surface area contributed by atoms with E-state index in [-0.39, 0.29) is 0 Å². The first-order valence-electron chi connectivity index (χ1n) is 7.53. The monoisotopic (exact) mass is 387 g/mol. The number of halogens is 2. The van der Waals surface area contributed by atoms with Gasteiger partial charge in [0, 0.05) is 27.2 Å². The first kappa shape index (κ1) is 14.8. The number of nitrogens with zero attached hydrogens (tertiary/aromatic N) is 2. The minimum Gasteiger partial charge on any atom is -0.369 e. The Morgan fingerprint density at radius 1 is 1.17 bits per heavy atom. The summed E-state index contributed by atoms with van der Waals surface area (Å²) in [5.41, 5.74) is 5.45. The zero-order valence-electron chi connectivity index (χ0n) is 12.6. The summed E-state index contributed by atoms with van der Waals surface area (Å²) in [6, 6.07) is 14.1. The lowest BCUT2D eigenvalue weighted by Crippen LogP contribution is -2.05. The maximum absolute atomic E-state index is 6.29. The van der Waals surface area contributed by atoms with E-state index >= 15 is 0 Å². The molecule has 3 aromatic rings. The van der Waals surface area contributed by atoms with Crippen LogP contribution in [0.15, 0.2) is 46.9 Å². The second kappa shape index (κ2) is 5.69. The Balaban J connectivity index is 1.96. The normalized spacial score (nSPS) is 13.0. The Labute approximate surface area is 148 Å². The van der Waals surface area contributed by atoms with Gasteiger partial charge in [0.2, 0.25) is 0 Å². The number of benzene rings is 2. The van der Waals surface area contributed by atoms with Crippen molar-refractivity contribution in [2.45, 2.75) is 13.3 Å². The summed E-state index contributed by atoms with van der Waals surface area (Å²) in [7, 11) is 0. The first-order chi connectivity index (χ1) is 11.2. The molecule has 0 saturated heterocycles. The highest BCUT2D eigenvalue weighted by Crippen LogP contribution is 2.38. The van der Waals surface area contributed by atoms with Crippen molar-refractivity contribution >= 4 is 33.3 Å². The molecule has 0 radical (unpaired) electrons. The second-order valence-corrected chi connectivity index (χ2v) is 6.89. The lowest BCUT2D eigenvalue weighted by molar-refractivity contribution is 0.875. The van der Waals surface area contributed by atoms with Gasteiger partial charge < -0.3 is 5.32 Å². The van der Waals surface area contributed by atoms with Crippen LogP contribution in [0.2, 0.25) is 5.02 Å². The second-order valence-electron chi connectivity index (χ2n) is 5.63. The van der Waals surface area contributed by atoms with E-state index in [4.69, 9.17) is 16.7 Å². The number of rotatable bonds is 2. The molecule has 116 valence electrons. The van der Waals surface area contributed by atoms with Gasteiger partial charge in [0.25, 0.3) is 0 Å². The van der Waals surface area contributed by atoms with Crippen molar-refractivity contribution in [3.8, 4) is 16.9 Å². The number of anilines is 1. The molecule has 0 fully saturated rings. The molecule has 23 heavy (non-hydrogen) atoms. The van der Waals surface area contributed by atoms with Gasteiger partial charge in [-0.15, -0.1) is 0 Å². The maximum atomic E-state index is 6.29. The molecule has 4 rings (SSSR count). The number of nitrogens with one attached hydrogen (secondary N) is 1. The van der Waals surface area contributed by atoms with Gasteiger partial charge in [0.1, 0.15) is 5.82 Å². The zero-order valence-corrected chi connectivity index (χ0v) is 14.9. The zero-order chi connectivity index (χ0) is 16.0. The van der Waals surface area contributed by atoms with E-state index in [9.17, 15) is 0 Å². The van der Waals surface area contributed by atoms with Crippen LogP contribution < -0.4 is 5.32 Å². The Morgan fingerprint density at radius 2 is 2.00 bits per heavy atom. The molecule has 5 heteroatoms. The van der Waals surface area contributed by atoms with E-state index in [1.807, 2.05) is 41.9 Å². The maximum Gasteiger partial charge on any atom is 0.133 e. The highest BCUT2D eigenvalue weighted by atomic mass is 79.9. The van der Waals surface area contributed by atoms with Crippen LogP contribution in [0.5, 0.6) is 0 Å². The van der Waals surface area contributed by atoms with Crippen LogP contribution >= 0.6 is 27.5 Å². The predicted octanol–water partition coefficient (Wildman–Crippen LogP) is 5.23. The van der Waals surface area contributed by atoms with E-state index in [1.54, 1.807) is 0 Å². The fraction of sp³-hybridized carbons (Fsp3) is 0.167. The van der Waals surface area contributed by atoms with E-state index < -0.39 is 0 Å². The molecular weight excluding hydrogens is 374 g/mol. The minimum absolute atomic E-state index is 0.757. The van der Waals surface area contributed by atoms with Gasteiger partial charge in [-0.25, -0.2) is 4.68 Å². The van der Waals surface area contributed by atoms with Crippen molar-refractivity contribution in [3.05, 3.63) is 63.1 Å². The predicted molar refractivity (Wildman–Crippen MR) is 98.6 cm³/mol. The first-order valence-corrected chi connectivity index (χ1v) is 8.70. The number of hydrogen-bond acceptors (Lipinski definition) is 2. The fourth-order valence-electron chi connectivity index (χ4n) is 3.04. The highest BCUT2D eigenvalue weighted by Gasteiger charge is 2.25. The largest absolute Gasteiger partial charge is 0.369 e. The Morgan fingerprint density at radius 3 is 2.83 bits per heavy atom. The Hall–Kier alpha value is -1.78. The Kier molecular flexibility index (Phi) is 3.66. The lowest BCUT2D eigenvalue weighted by Gasteiger charge is -2.10. The van der Waals surface area contributed by atoms with Gasteiger partial charge >= 0.3 is 0 Å². The number of aromatic nitrogens is 2. The van der Waals surface area contributed by atoms with Gasteiger partial charge in [-0.3, -0.25) is 0 Å². The molecule has 0 atom stereocenters. The molecule has 0 saturated carbocycles. The Bertz CT molecular complexity index is 901. The summed E-state index contributed by atoms with van der Waals surface area (Å²) in [5, 5.41) is 9.12. The van der Waals surface area contributed by atoms with Crippen molar-refractivity contribution < 1.29 is 0 Å². The summed E-state index contributed by atoms with van der Waals surface area (Å²) >= 11 is 9.94. The van der Waals surface area contributed by atoms with Crippen LogP contribution in [0, 0.1) is 6.92 Å². The molecule has 0 unspecified atom stereocenters. The molecule has 2 aromatic carbocycles. The quantitative estimate of drug-likeness (QED) is 0.651. The molecule has 2 heterocycles. The molecule has 1 aliphatic rings. The molecule has 0 spiro atoms. The third-order valence-electron chi connectivity index (χ3n) is 4.25. The van der Waals surface area contributed by atoms with Gasteiger partial charge in [-0.1, -0.05) is 51.8 Å². The molecule has 0 aliphatic carbocycles. The van der Waals surface area contributed by atoms with Crippen molar-refractivity contribution in [1.29, 1.82) is 0 Å². The van der Waals surface area contributed by atoms with Crippen LogP contribution in [0.1, 0.15) is 11.1 Å². The number of hydrogen-bond donors (Lipinski definition) is 1. The lowest BCUT2D eigenvalue weighted by atomic mass is 10.1. The third kappa shape index (κ3) is 2.37. The molecule has 0 amide bonds. The van der Waals surface area contributed by atoms with Gasteiger partial charge in [-0.2, -0.15) is 5.10 Å². The summed E-state index contributed by atoms with van der Waals surface area (Å²) < 4.78 is 3.04. The number of fused-ring (bicyclic) bond motifs is 1.